The van der Waals surface area contributed by atoms with Gasteiger partial charge in [0.15, 0.2) is 0 Å². The Morgan fingerprint density at radius 3 is 3.06 bits per heavy atom. The number of hydrogen-bond acceptors (Lipinski definition) is 1. The molecule has 1 heterocycles. The third-order valence-corrected chi connectivity index (χ3v) is 4.73. The van der Waals surface area contributed by atoms with E-state index < -0.39 is 0 Å². The molecule has 1 unspecified atom stereocenters. The Morgan fingerprint density at radius 2 is 2.28 bits per heavy atom. The first-order valence-corrected chi connectivity index (χ1v) is 7.78. The second-order valence-electron chi connectivity index (χ2n) is 4.81. The summed E-state index contributed by atoms with van der Waals surface area (Å²) in [5.74, 6) is 0.553. The Hall–Kier alpha value is -0.120. The van der Waals surface area contributed by atoms with Gasteiger partial charge in [0.25, 0.3) is 0 Å². The number of benzene rings is 1. The Balaban J connectivity index is 2.01. The number of nitrogens with zero attached hydrogens (tertiary/aromatic N) is 1. The largest absolute Gasteiger partial charge is 0.296 e. The summed E-state index contributed by atoms with van der Waals surface area (Å²) in [5.41, 5.74) is 1.03. The summed E-state index contributed by atoms with van der Waals surface area (Å²) in [6.07, 6.45) is 4.69. The van der Waals surface area contributed by atoms with Gasteiger partial charge in [-0.3, -0.25) is 4.90 Å². The molecule has 0 radical (unpaired) electrons. The molecule has 1 saturated heterocycles. The quantitative estimate of drug-likeness (QED) is 0.713. The molecule has 0 aliphatic carbocycles. The van der Waals surface area contributed by atoms with Crippen molar-refractivity contribution in [2.45, 2.75) is 38.3 Å². The number of halogens is 3. The number of alkyl halides is 1. The zero-order valence-electron chi connectivity index (χ0n) is 10.3. The Bertz CT molecular complexity index is 399. The van der Waals surface area contributed by atoms with Crippen LogP contribution >= 0.6 is 27.5 Å². The molecule has 0 saturated carbocycles. The minimum absolute atomic E-state index is 0.177. The summed E-state index contributed by atoms with van der Waals surface area (Å²) >= 11 is 9.10. The first-order chi connectivity index (χ1) is 8.72. The monoisotopic (exact) mass is 333 g/mol. The molecule has 1 aliphatic rings. The molecule has 0 spiro atoms. The molecule has 1 nitrogen and oxygen atoms in total. The minimum atomic E-state index is -0.177. The van der Waals surface area contributed by atoms with Gasteiger partial charge in [-0.25, -0.2) is 4.39 Å². The van der Waals surface area contributed by atoms with Crippen molar-refractivity contribution in [2.24, 2.45) is 0 Å². The van der Waals surface area contributed by atoms with Crippen LogP contribution in [0, 0.1) is 5.82 Å². The van der Waals surface area contributed by atoms with E-state index in [9.17, 15) is 4.39 Å². The van der Waals surface area contributed by atoms with Gasteiger partial charge in [-0.2, -0.15) is 0 Å². The number of hydrogen-bond donors (Lipinski definition) is 0. The second kappa shape index (κ2) is 6.88. The maximum atomic E-state index is 13.5. The number of rotatable bonds is 5. The molecule has 100 valence electrons. The first-order valence-electron chi connectivity index (χ1n) is 6.45. The molecular weight excluding hydrogens is 317 g/mol. The fraction of sp³-hybridized carbons (Fsp3) is 0.571. The lowest BCUT2D eigenvalue weighted by Crippen LogP contribution is -2.29. The van der Waals surface area contributed by atoms with Crippen molar-refractivity contribution >= 4 is 27.5 Å². The molecule has 0 amide bonds. The first kappa shape index (κ1) is 14.3. The molecule has 4 heteroatoms. The van der Waals surface area contributed by atoms with E-state index in [-0.39, 0.29) is 5.82 Å². The van der Waals surface area contributed by atoms with Gasteiger partial charge in [-0.15, -0.1) is 11.6 Å². The van der Waals surface area contributed by atoms with E-state index in [1.165, 1.54) is 18.9 Å². The zero-order chi connectivity index (χ0) is 13.0. The predicted octanol–water partition coefficient (Wildman–Crippen LogP) is 4.57. The normalized spacial score (nSPS) is 20.5. The summed E-state index contributed by atoms with van der Waals surface area (Å²) in [4.78, 5) is 2.45. The van der Waals surface area contributed by atoms with Gasteiger partial charge in [0.05, 0.1) is 4.47 Å². The fourth-order valence-corrected chi connectivity index (χ4v) is 3.18. The van der Waals surface area contributed by atoms with Crippen LogP contribution in [0.5, 0.6) is 0 Å². The van der Waals surface area contributed by atoms with Crippen LogP contribution in [0.1, 0.15) is 31.2 Å². The summed E-state index contributed by atoms with van der Waals surface area (Å²) in [6.45, 7) is 1.93. The van der Waals surface area contributed by atoms with Crippen LogP contribution in [-0.4, -0.2) is 23.4 Å². The Labute approximate surface area is 121 Å². The number of likely N-dealkylation sites (tertiary alicyclic amines) is 1. The lowest BCUT2D eigenvalue weighted by atomic mass is 10.1. The molecule has 0 aromatic heterocycles. The SMILES string of the molecule is Fc1cccc(CN2CCCC2CCCCl)c1Br. The summed E-state index contributed by atoms with van der Waals surface area (Å²) < 4.78 is 14.1. The lowest BCUT2D eigenvalue weighted by Gasteiger charge is -2.24. The lowest BCUT2D eigenvalue weighted by molar-refractivity contribution is 0.233. The summed E-state index contributed by atoms with van der Waals surface area (Å²) in [5, 5.41) is 0. The topological polar surface area (TPSA) is 3.24 Å². The maximum absolute atomic E-state index is 13.5. The van der Waals surface area contributed by atoms with Crippen molar-refractivity contribution < 1.29 is 4.39 Å². The predicted molar refractivity (Wildman–Crippen MR) is 77.5 cm³/mol. The highest BCUT2D eigenvalue weighted by molar-refractivity contribution is 9.10. The van der Waals surface area contributed by atoms with E-state index in [1.54, 1.807) is 6.07 Å². The zero-order valence-corrected chi connectivity index (χ0v) is 12.7. The third-order valence-electron chi connectivity index (χ3n) is 3.58. The van der Waals surface area contributed by atoms with Crippen LogP contribution in [0.3, 0.4) is 0 Å². The second-order valence-corrected chi connectivity index (χ2v) is 5.98. The highest BCUT2D eigenvalue weighted by atomic mass is 79.9. The van der Waals surface area contributed by atoms with Crippen LogP contribution in [0.2, 0.25) is 0 Å². The minimum Gasteiger partial charge on any atom is -0.296 e. The molecule has 2 rings (SSSR count). The van der Waals surface area contributed by atoms with Crippen LogP contribution in [0.4, 0.5) is 4.39 Å². The van der Waals surface area contributed by atoms with Gasteiger partial charge >= 0.3 is 0 Å². The molecule has 1 aromatic carbocycles. The highest BCUT2D eigenvalue weighted by Gasteiger charge is 2.24. The van der Waals surface area contributed by atoms with Gasteiger partial charge < -0.3 is 0 Å². The molecule has 1 fully saturated rings. The van der Waals surface area contributed by atoms with Crippen molar-refractivity contribution in [3.8, 4) is 0 Å². The van der Waals surface area contributed by atoms with E-state index in [0.29, 0.717) is 10.5 Å². The van der Waals surface area contributed by atoms with Gasteiger partial charge in [-0.05, 0) is 59.8 Å². The standard InChI is InChI=1S/C14H18BrClFN/c15-14-11(4-1-7-13(14)17)10-18-9-3-6-12(18)5-2-8-16/h1,4,7,12H,2-3,5-6,8-10H2. The van der Waals surface area contributed by atoms with Crippen LogP contribution < -0.4 is 0 Å². The van der Waals surface area contributed by atoms with Crippen molar-refractivity contribution in [1.82, 2.24) is 4.90 Å². The average Bonchev–Trinajstić information content (AvgIpc) is 2.80. The Kier molecular flexibility index (Phi) is 5.46. The molecular formula is C14H18BrClFN. The molecule has 1 aliphatic heterocycles. The summed E-state index contributed by atoms with van der Waals surface area (Å²) in [6, 6.07) is 5.87. The van der Waals surface area contributed by atoms with E-state index >= 15 is 0 Å². The fourth-order valence-electron chi connectivity index (χ4n) is 2.63. The molecule has 0 N–H and O–H groups in total. The van der Waals surface area contributed by atoms with E-state index in [0.717, 1.165) is 37.4 Å². The smallest absolute Gasteiger partial charge is 0.137 e. The van der Waals surface area contributed by atoms with Crippen molar-refractivity contribution in [3.05, 3.63) is 34.1 Å². The molecule has 1 aromatic rings. The maximum Gasteiger partial charge on any atom is 0.137 e. The van der Waals surface area contributed by atoms with Crippen LogP contribution in [-0.2, 0) is 6.54 Å². The molecule has 18 heavy (non-hydrogen) atoms. The Morgan fingerprint density at radius 1 is 1.44 bits per heavy atom. The van der Waals surface area contributed by atoms with E-state index in [2.05, 4.69) is 20.8 Å². The average molecular weight is 335 g/mol. The van der Waals surface area contributed by atoms with E-state index in [4.69, 9.17) is 11.6 Å². The van der Waals surface area contributed by atoms with E-state index in [1.807, 2.05) is 6.07 Å². The third kappa shape index (κ3) is 3.46. The van der Waals surface area contributed by atoms with Crippen molar-refractivity contribution in [2.75, 3.05) is 12.4 Å². The van der Waals surface area contributed by atoms with Gasteiger partial charge in [-0.1, -0.05) is 12.1 Å². The molecule has 0 bridgehead atoms. The highest BCUT2D eigenvalue weighted by Crippen LogP contribution is 2.27. The van der Waals surface area contributed by atoms with Gasteiger partial charge in [0, 0.05) is 18.5 Å². The molecule has 1 atom stereocenters. The van der Waals surface area contributed by atoms with Crippen LogP contribution in [0.15, 0.2) is 22.7 Å². The van der Waals surface area contributed by atoms with Crippen molar-refractivity contribution in [3.63, 3.8) is 0 Å². The summed E-state index contributed by atoms with van der Waals surface area (Å²) in [7, 11) is 0. The van der Waals surface area contributed by atoms with Crippen LogP contribution in [0.25, 0.3) is 0 Å². The van der Waals surface area contributed by atoms with Crippen molar-refractivity contribution in [1.29, 1.82) is 0 Å². The van der Waals surface area contributed by atoms with Gasteiger partial charge in [0.1, 0.15) is 5.82 Å². The van der Waals surface area contributed by atoms with Gasteiger partial charge in [0.2, 0.25) is 0 Å².